The SMILES string of the molecule is CCN1CCN(C(=O)CCc2ccc3c4c(sc3c2)N(c2ccc(OCc3cccc(F)c3)c(Cl)c2)CN=C4)CC1. The molecule has 2 aliphatic heterocycles. The number of ether oxygens (including phenoxy) is 1. The molecule has 6 nitrogen and oxygen atoms in total. The van der Waals surface area contributed by atoms with E-state index in [9.17, 15) is 9.18 Å². The van der Waals surface area contributed by atoms with Crippen LogP contribution in [0, 0.1) is 5.82 Å². The summed E-state index contributed by atoms with van der Waals surface area (Å²) in [5, 5.41) is 2.76. The molecular weight excluding hydrogens is 559 g/mol. The maximum absolute atomic E-state index is 13.5. The second-order valence-electron chi connectivity index (χ2n) is 10.4. The fraction of sp³-hybridized carbons (Fsp3) is 0.312. The number of aliphatic imine (C=N–C) groups is 1. The van der Waals surface area contributed by atoms with Gasteiger partial charge in [-0.05, 0) is 60.5 Å². The number of hydrogen-bond donors (Lipinski definition) is 0. The van der Waals surface area contributed by atoms with Gasteiger partial charge in [0.25, 0.3) is 0 Å². The maximum atomic E-state index is 13.5. The predicted molar refractivity (Wildman–Crippen MR) is 166 cm³/mol. The number of rotatable bonds is 8. The molecule has 6 rings (SSSR count). The number of likely N-dealkylation sites (N-methyl/N-ethyl adjacent to an activating group) is 1. The Morgan fingerprint density at radius 3 is 2.68 bits per heavy atom. The highest BCUT2D eigenvalue weighted by molar-refractivity contribution is 7.23. The van der Waals surface area contributed by atoms with Crippen LogP contribution >= 0.6 is 22.9 Å². The normalized spacial score (nSPS) is 15.4. The Hall–Kier alpha value is -3.46. The molecule has 0 aliphatic carbocycles. The molecule has 0 radical (unpaired) electrons. The lowest BCUT2D eigenvalue weighted by atomic mass is 10.1. The molecular formula is C32H32ClFN4O2S. The van der Waals surface area contributed by atoms with Crippen LogP contribution in [0.25, 0.3) is 10.1 Å². The van der Waals surface area contributed by atoms with Crippen LogP contribution in [-0.4, -0.2) is 61.3 Å². The summed E-state index contributed by atoms with van der Waals surface area (Å²) in [5.41, 5.74) is 3.92. The van der Waals surface area contributed by atoms with Gasteiger partial charge in [-0.25, -0.2) is 4.39 Å². The summed E-state index contributed by atoms with van der Waals surface area (Å²) in [6, 6.07) is 18.5. The number of aryl methyl sites for hydroxylation is 1. The zero-order chi connectivity index (χ0) is 28.3. The molecule has 0 bridgehead atoms. The Morgan fingerprint density at radius 1 is 1.05 bits per heavy atom. The van der Waals surface area contributed by atoms with E-state index in [0.29, 0.717) is 23.9 Å². The second kappa shape index (κ2) is 12.2. The lowest BCUT2D eigenvalue weighted by Gasteiger charge is -2.34. The van der Waals surface area contributed by atoms with Crippen molar-refractivity contribution >= 4 is 55.8 Å². The minimum absolute atomic E-state index is 0.231. The number of nitrogens with zero attached hydrogens (tertiary/aromatic N) is 4. The number of piperazine rings is 1. The fourth-order valence-corrected chi connectivity index (χ4v) is 6.87. The van der Waals surface area contributed by atoms with E-state index in [0.717, 1.165) is 66.3 Å². The summed E-state index contributed by atoms with van der Waals surface area (Å²) in [5.74, 6) is 0.493. The average Bonchev–Trinajstić information content (AvgIpc) is 3.37. The van der Waals surface area contributed by atoms with Crippen molar-refractivity contribution in [3.63, 3.8) is 0 Å². The highest BCUT2D eigenvalue weighted by Gasteiger charge is 2.23. The molecule has 0 saturated carbocycles. The Labute approximate surface area is 248 Å². The summed E-state index contributed by atoms with van der Waals surface area (Å²) in [6.45, 7) is 7.50. The van der Waals surface area contributed by atoms with E-state index in [4.69, 9.17) is 16.3 Å². The molecule has 0 unspecified atom stereocenters. The third-order valence-corrected chi connectivity index (χ3v) is 9.26. The van der Waals surface area contributed by atoms with Crippen molar-refractivity contribution in [2.24, 2.45) is 4.99 Å². The van der Waals surface area contributed by atoms with Crippen LogP contribution in [-0.2, 0) is 17.8 Å². The van der Waals surface area contributed by atoms with Gasteiger partial charge in [0, 0.05) is 60.2 Å². The zero-order valence-electron chi connectivity index (χ0n) is 23.0. The van der Waals surface area contributed by atoms with Crippen LogP contribution in [0.3, 0.4) is 0 Å². The minimum atomic E-state index is -0.293. The first kappa shape index (κ1) is 27.7. The molecule has 0 atom stereocenters. The van der Waals surface area contributed by atoms with E-state index >= 15 is 0 Å². The number of anilines is 2. The van der Waals surface area contributed by atoms with Gasteiger partial charge in [-0.3, -0.25) is 9.79 Å². The predicted octanol–water partition coefficient (Wildman–Crippen LogP) is 6.90. The van der Waals surface area contributed by atoms with Gasteiger partial charge in [-0.15, -0.1) is 11.3 Å². The molecule has 41 heavy (non-hydrogen) atoms. The molecule has 9 heteroatoms. The summed E-state index contributed by atoms with van der Waals surface area (Å²) < 4.78 is 20.5. The monoisotopic (exact) mass is 590 g/mol. The second-order valence-corrected chi connectivity index (χ2v) is 11.8. The van der Waals surface area contributed by atoms with Crippen LogP contribution in [0.2, 0.25) is 5.02 Å². The van der Waals surface area contributed by atoms with Gasteiger partial charge in [0.2, 0.25) is 5.91 Å². The highest BCUT2D eigenvalue weighted by Crippen LogP contribution is 2.43. The van der Waals surface area contributed by atoms with Crippen LogP contribution in [0.5, 0.6) is 5.75 Å². The standard InChI is InChI=1S/C32H32ClFN4O2S/c1-2-36-12-14-37(15-13-36)31(39)11-7-22-6-9-26-27-19-35-21-38(32(27)41-30(26)17-22)25-8-10-29(28(33)18-25)40-20-23-4-3-5-24(34)16-23/h3-6,8-10,16-19H,2,7,11-15,20-21H2,1H3. The smallest absolute Gasteiger partial charge is 0.222 e. The molecule has 1 aromatic heterocycles. The van der Waals surface area contributed by atoms with E-state index in [2.05, 4.69) is 39.9 Å². The number of benzene rings is 3. The van der Waals surface area contributed by atoms with Crippen molar-refractivity contribution in [3.05, 3.63) is 88.2 Å². The summed E-state index contributed by atoms with van der Waals surface area (Å²) >= 11 is 8.33. The van der Waals surface area contributed by atoms with Crippen LogP contribution in [0.15, 0.2) is 65.7 Å². The third kappa shape index (κ3) is 6.10. The number of carbonyl (C=O) groups is 1. The molecule has 0 N–H and O–H groups in total. The van der Waals surface area contributed by atoms with Gasteiger partial charge in [0.1, 0.15) is 29.8 Å². The van der Waals surface area contributed by atoms with Crippen molar-refractivity contribution in [3.8, 4) is 5.75 Å². The molecule has 2 aliphatic rings. The molecule has 1 amide bonds. The van der Waals surface area contributed by atoms with Crippen LogP contribution < -0.4 is 9.64 Å². The third-order valence-electron chi connectivity index (χ3n) is 7.77. The number of amides is 1. The van der Waals surface area contributed by atoms with Crippen molar-refractivity contribution < 1.29 is 13.9 Å². The Kier molecular flexibility index (Phi) is 8.23. The Balaban J connectivity index is 1.15. The first-order valence-electron chi connectivity index (χ1n) is 14.0. The summed E-state index contributed by atoms with van der Waals surface area (Å²) in [7, 11) is 0. The van der Waals surface area contributed by atoms with Gasteiger partial charge in [-0.1, -0.05) is 42.8 Å². The average molecular weight is 591 g/mol. The number of thiophene rings is 1. The van der Waals surface area contributed by atoms with E-state index in [-0.39, 0.29) is 18.3 Å². The fourth-order valence-electron chi connectivity index (χ4n) is 5.39. The largest absolute Gasteiger partial charge is 0.487 e. The molecule has 3 heterocycles. The zero-order valence-corrected chi connectivity index (χ0v) is 24.6. The molecule has 0 spiro atoms. The minimum Gasteiger partial charge on any atom is -0.487 e. The van der Waals surface area contributed by atoms with Crippen LogP contribution in [0.4, 0.5) is 15.1 Å². The lowest BCUT2D eigenvalue weighted by molar-refractivity contribution is -0.132. The summed E-state index contributed by atoms with van der Waals surface area (Å²) in [6.07, 6.45) is 3.21. The Bertz CT molecular complexity index is 1600. The quantitative estimate of drug-likeness (QED) is 0.224. The number of carbonyl (C=O) groups excluding carboxylic acids is 1. The molecule has 1 fully saturated rings. The van der Waals surface area contributed by atoms with Crippen molar-refractivity contribution in [2.75, 3.05) is 44.3 Å². The van der Waals surface area contributed by atoms with Gasteiger partial charge < -0.3 is 19.4 Å². The van der Waals surface area contributed by atoms with Crippen molar-refractivity contribution in [2.45, 2.75) is 26.4 Å². The maximum Gasteiger partial charge on any atom is 0.222 e. The molecule has 1 saturated heterocycles. The highest BCUT2D eigenvalue weighted by atomic mass is 35.5. The van der Waals surface area contributed by atoms with Gasteiger partial charge in [-0.2, -0.15) is 0 Å². The molecule has 212 valence electrons. The molecule has 4 aromatic rings. The Morgan fingerprint density at radius 2 is 1.90 bits per heavy atom. The van der Waals surface area contributed by atoms with Gasteiger partial charge in [0.15, 0.2) is 0 Å². The first-order valence-corrected chi connectivity index (χ1v) is 15.2. The van der Waals surface area contributed by atoms with Crippen molar-refractivity contribution in [1.29, 1.82) is 0 Å². The number of fused-ring (bicyclic) bond motifs is 3. The lowest BCUT2D eigenvalue weighted by Crippen LogP contribution is -2.48. The molecule has 3 aromatic carbocycles. The van der Waals surface area contributed by atoms with E-state index in [1.54, 1.807) is 17.4 Å². The topological polar surface area (TPSA) is 48.4 Å². The summed E-state index contributed by atoms with van der Waals surface area (Å²) in [4.78, 5) is 24.0. The van der Waals surface area contributed by atoms with Crippen LogP contribution in [0.1, 0.15) is 30.0 Å². The van der Waals surface area contributed by atoms with Gasteiger partial charge in [0.05, 0.1) is 5.02 Å². The first-order chi connectivity index (χ1) is 20.0. The number of hydrogen-bond acceptors (Lipinski definition) is 6. The van der Waals surface area contributed by atoms with Gasteiger partial charge >= 0.3 is 0 Å². The van der Waals surface area contributed by atoms with E-state index in [1.165, 1.54) is 22.4 Å². The number of halogens is 2. The van der Waals surface area contributed by atoms with E-state index < -0.39 is 0 Å². The van der Waals surface area contributed by atoms with Crippen molar-refractivity contribution in [1.82, 2.24) is 9.80 Å². The van der Waals surface area contributed by atoms with E-state index in [1.807, 2.05) is 35.4 Å².